The summed E-state index contributed by atoms with van der Waals surface area (Å²) in [5, 5.41) is 8.08. The summed E-state index contributed by atoms with van der Waals surface area (Å²) < 4.78 is 0. The molecule has 2 aromatic rings. The summed E-state index contributed by atoms with van der Waals surface area (Å²) in [7, 11) is 0. The third-order valence-electron chi connectivity index (χ3n) is 4.61. The number of nitrogens with one attached hydrogen (secondary N) is 1. The highest BCUT2D eigenvalue weighted by atomic mass is 32.1. The van der Waals surface area contributed by atoms with E-state index in [9.17, 15) is 9.59 Å². The monoisotopic (exact) mass is 406 g/mol. The predicted molar refractivity (Wildman–Crippen MR) is 109 cm³/mol. The number of aromatic nitrogens is 1. The lowest BCUT2D eigenvalue weighted by molar-refractivity contribution is -0.133. The Morgan fingerprint density at radius 3 is 2.70 bits per heavy atom. The summed E-state index contributed by atoms with van der Waals surface area (Å²) in [5.74, 6) is 0.126. The Labute approximate surface area is 168 Å². The van der Waals surface area contributed by atoms with Crippen LogP contribution in [0.25, 0.3) is 0 Å². The maximum absolute atomic E-state index is 12.4. The van der Waals surface area contributed by atoms with E-state index in [1.165, 1.54) is 16.3 Å². The molecule has 2 aromatic heterocycles. The van der Waals surface area contributed by atoms with E-state index in [4.69, 9.17) is 0 Å². The first-order chi connectivity index (χ1) is 13.2. The largest absolute Gasteiger partial charge is 0.351 e. The fraction of sp³-hybridized carbons (Fsp3) is 0.526. The second-order valence-electron chi connectivity index (χ2n) is 6.58. The van der Waals surface area contributed by atoms with Crippen LogP contribution in [-0.4, -0.2) is 59.3 Å². The molecular formula is C19H26N4O2S2. The zero-order chi connectivity index (χ0) is 19.1. The molecule has 3 heterocycles. The van der Waals surface area contributed by atoms with E-state index in [-0.39, 0.29) is 11.8 Å². The Balaban J connectivity index is 1.31. The van der Waals surface area contributed by atoms with Crippen LogP contribution in [0, 0.1) is 0 Å². The van der Waals surface area contributed by atoms with Gasteiger partial charge in [-0.25, -0.2) is 4.98 Å². The minimum Gasteiger partial charge on any atom is -0.351 e. The van der Waals surface area contributed by atoms with Gasteiger partial charge in [-0.05, 0) is 24.3 Å². The van der Waals surface area contributed by atoms with Gasteiger partial charge in [0.25, 0.3) is 5.91 Å². The third-order valence-corrected chi connectivity index (χ3v) is 6.52. The van der Waals surface area contributed by atoms with Gasteiger partial charge in [-0.3, -0.25) is 14.5 Å². The summed E-state index contributed by atoms with van der Waals surface area (Å²) >= 11 is 3.15. The van der Waals surface area contributed by atoms with Crippen molar-refractivity contribution < 1.29 is 9.59 Å². The molecule has 8 heteroatoms. The zero-order valence-corrected chi connectivity index (χ0v) is 17.3. The Bertz CT molecular complexity index is 737. The van der Waals surface area contributed by atoms with Gasteiger partial charge in [-0.15, -0.1) is 22.7 Å². The van der Waals surface area contributed by atoms with E-state index in [1.807, 2.05) is 16.3 Å². The maximum atomic E-state index is 12.4. The Kier molecular flexibility index (Phi) is 7.37. The van der Waals surface area contributed by atoms with Crippen molar-refractivity contribution in [3.63, 3.8) is 0 Å². The van der Waals surface area contributed by atoms with Gasteiger partial charge in [-0.1, -0.05) is 13.0 Å². The number of carbonyl (C=O) groups is 2. The molecule has 1 aliphatic rings. The number of hydrogen-bond donors (Lipinski definition) is 1. The van der Waals surface area contributed by atoms with Crippen molar-refractivity contribution >= 4 is 34.5 Å². The average Bonchev–Trinajstić information content (AvgIpc) is 3.37. The highest BCUT2D eigenvalue weighted by molar-refractivity contribution is 7.12. The summed E-state index contributed by atoms with van der Waals surface area (Å²) in [4.78, 5) is 33.9. The highest BCUT2D eigenvalue weighted by Crippen LogP contribution is 2.14. The first-order valence-corrected chi connectivity index (χ1v) is 11.2. The van der Waals surface area contributed by atoms with Gasteiger partial charge in [0.2, 0.25) is 5.91 Å². The van der Waals surface area contributed by atoms with Crippen molar-refractivity contribution in [3.8, 4) is 0 Å². The van der Waals surface area contributed by atoms with Gasteiger partial charge in [0.05, 0.1) is 15.6 Å². The van der Waals surface area contributed by atoms with E-state index in [0.717, 1.165) is 44.8 Å². The van der Waals surface area contributed by atoms with Crippen molar-refractivity contribution in [3.05, 3.63) is 38.5 Å². The number of hydrogen-bond acceptors (Lipinski definition) is 6. The summed E-state index contributed by atoms with van der Waals surface area (Å²) in [5.41, 5.74) is 1.14. The molecule has 0 aliphatic carbocycles. The second kappa shape index (κ2) is 9.96. The number of carbonyl (C=O) groups excluding carboxylic acids is 2. The molecule has 0 saturated carbocycles. The van der Waals surface area contributed by atoms with Gasteiger partial charge in [0.1, 0.15) is 0 Å². The minimum atomic E-state index is -0.0562. The molecule has 1 N–H and O–H groups in total. The molecule has 27 heavy (non-hydrogen) atoms. The topological polar surface area (TPSA) is 65.5 Å². The quantitative estimate of drug-likeness (QED) is 0.685. The van der Waals surface area contributed by atoms with Crippen LogP contribution < -0.4 is 5.32 Å². The fourth-order valence-electron chi connectivity index (χ4n) is 3.06. The Morgan fingerprint density at radius 1 is 1.22 bits per heavy atom. The molecule has 3 rings (SSSR count). The lowest BCUT2D eigenvalue weighted by Gasteiger charge is -2.34. The predicted octanol–water partition coefficient (Wildman–Crippen LogP) is 2.62. The van der Waals surface area contributed by atoms with Gasteiger partial charge in [0.15, 0.2) is 0 Å². The number of nitrogens with zero attached hydrogens (tertiary/aromatic N) is 3. The normalized spacial score (nSPS) is 15.1. The van der Waals surface area contributed by atoms with E-state index in [2.05, 4.69) is 27.5 Å². The molecule has 2 amide bonds. The van der Waals surface area contributed by atoms with E-state index < -0.39 is 0 Å². The van der Waals surface area contributed by atoms with Crippen LogP contribution in [0.4, 0.5) is 0 Å². The molecule has 0 radical (unpaired) electrons. The lowest BCUT2D eigenvalue weighted by atomic mass is 10.2. The standard InChI is InChI=1S/C19H26N4O2S2/c1-2-17-21-15(14-27-17)13-22-8-10-23(11-9-22)18(24)6-3-7-20-19(25)16-5-4-12-26-16/h4-5,12,14H,2-3,6-11,13H2,1H3,(H,20,25). The molecule has 1 aliphatic heterocycles. The number of piperazine rings is 1. The summed E-state index contributed by atoms with van der Waals surface area (Å²) in [6.45, 7) is 6.84. The van der Waals surface area contributed by atoms with Crippen LogP contribution in [0.1, 0.15) is 40.1 Å². The molecule has 0 unspecified atom stereocenters. The Morgan fingerprint density at radius 2 is 2.04 bits per heavy atom. The van der Waals surface area contributed by atoms with Crippen LogP contribution >= 0.6 is 22.7 Å². The molecule has 0 atom stereocenters. The molecule has 1 saturated heterocycles. The first-order valence-electron chi connectivity index (χ1n) is 9.41. The second-order valence-corrected chi connectivity index (χ2v) is 8.47. The molecule has 0 bridgehead atoms. The van der Waals surface area contributed by atoms with Crippen LogP contribution in [0.2, 0.25) is 0 Å². The first kappa shape index (κ1) is 20.0. The van der Waals surface area contributed by atoms with Crippen LogP contribution in [0.15, 0.2) is 22.9 Å². The molecule has 6 nitrogen and oxygen atoms in total. The molecule has 1 fully saturated rings. The molecule has 0 spiro atoms. The van der Waals surface area contributed by atoms with Crippen molar-refractivity contribution in [2.24, 2.45) is 0 Å². The van der Waals surface area contributed by atoms with Gasteiger partial charge in [-0.2, -0.15) is 0 Å². The smallest absolute Gasteiger partial charge is 0.261 e. The lowest BCUT2D eigenvalue weighted by Crippen LogP contribution is -2.48. The summed E-state index contributed by atoms with van der Waals surface area (Å²) in [6, 6.07) is 3.67. The number of amides is 2. The average molecular weight is 407 g/mol. The number of thiophene rings is 1. The zero-order valence-electron chi connectivity index (χ0n) is 15.6. The van der Waals surface area contributed by atoms with Gasteiger partial charge in [0, 0.05) is 51.1 Å². The number of thiazole rings is 1. The van der Waals surface area contributed by atoms with Crippen molar-refractivity contribution in [1.29, 1.82) is 0 Å². The van der Waals surface area contributed by atoms with E-state index >= 15 is 0 Å². The maximum Gasteiger partial charge on any atom is 0.261 e. The SMILES string of the molecule is CCc1nc(CN2CCN(C(=O)CCCNC(=O)c3cccs3)CC2)cs1. The van der Waals surface area contributed by atoms with E-state index in [0.29, 0.717) is 24.3 Å². The van der Waals surface area contributed by atoms with Gasteiger partial charge >= 0.3 is 0 Å². The summed E-state index contributed by atoms with van der Waals surface area (Å²) in [6.07, 6.45) is 2.15. The van der Waals surface area contributed by atoms with Crippen LogP contribution in [-0.2, 0) is 17.8 Å². The molecule has 146 valence electrons. The van der Waals surface area contributed by atoms with Crippen molar-refractivity contribution in [2.45, 2.75) is 32.7 Å². The highest BCUT2D eigenvalue weighted by Gasteiger charge is 2.21. The van der Waals surface area contributed by atoms with Crippen molar-refractivity contribution in [2.75, 3.05) is 32.7 Å². The molecular weight excluding hydrogens is 380 g/mol. The minimum absolute atomic E-state index is 0.0562. The van der Waals surface area contributed by atoms with Crippen molar-refractivity contribution in [1.82, 2.24) is 20.1 Å². The molecule has 0 aromatic carbocycles. The van der Waals surface area contributed by atoms with E-state index in [1.54, 1.807) is 17.4 Å². The van der Waals surface area contributed by atoms with Gasteiger partial charge < -0.3 is 10.2 Å². The Hall–Kier alpha value is -1.77. The van der Waals surface area contributed by atoms with Crippen LogP contribution in [0.5, 0.6) is 0 Å². The third kappa shape index (κ3) is 5.85. The fourth-order valence-corrected chi connectivity index (χ4v) is 4.44. The van der Waals surface area contributed by atoms with Crippen LogP contribution in [0.3, 0.4) is 0 Å². The number of rotatable bonds is 8. The number of aryl methyl sites for hydroxylation is 1.